The standard InChI is InChI=1S/C17H22FNO4/c1-11(2)14(16(21)23-10-17(3)8-22-9-17)19-15(20)12-4-6-13(18)7-5-12/h4-7,11,14H,8-10H2,1-3H3,(H,19,20)/t14-/m0/s1. The van der Waals surface area contributed by atoms with Gasteiger partial charge in [-0.05, 0) is 30.2 Å². The lowest BCUT2D eigenvalue weighted by atomic mass is 9.90. The molecule has 6 heteroatoms. The Morgan fingerprint density at radius 2 is 1.91 bits per heavy atom. The van der Waals surface area contributed by atoms with Crippen LogP contribution in [0.5, 0.6) is 0 Å². The Hall–Kier alpha value is -1.95. The zero-order chi connectivity index (χ0) is 17.0. The maximum atomic E-state index is 12.9. The molecule has 1 heterocycles. The maximum absolute atomic E-state index is 12.9. The van der Waals surface area contributed by atoms with E-state index in [1.807, 2.05) is 20.8 Å². The second-order valence-corrected chi connectivity index (χ2v) is 6.61. The third kappa shape index (κ3) is 4.51. The molecule has 1 aliphatic heterocycles. The second-order valence-electron chi connectivity index (χ2n) is 6.61. The lowest BCUT2D eigenvalue weighted by molar-refractivity contribution is -0.167. The molecule has 0 radical (unpaired) electrons. The van der Waals surface area contributed by atoms with Crippen molar-refractivity contribution in [3.05, 3.63) is 35.6 Å². The van der Waals surface area contributed by atoms with E-state index >= 15 is 0 Å². The van der Waals surface area contributed by atoms with Crippen LogP contribution in [0, 0.1) is 17.2 Å². The van der Waals surface area contributed by atoms with Crippen molar-refractivity contribution < 1.29 is 23.5 Å². The van der Waals surface area contributed by atoms with Crippen molar-refractivity contribution >= 4 is 11.9 Å². The number of carbonyl (C=O) groups is 2. The van der Waals surface area contributed by atoms with Gasteiger partial charge in [-0.3, -0.25) is 4.79 Å². The fourth-order valence-corrected chi connectivity index (χ4v) is 2.19. The number of halogens is 1. The summed E-state index contributed by atoms with van der Waals surface area (Å²) < 4.78 is 23.4. The lowest BCUT2D eigenvalue weighted by Gasteiger charge is -2.37. The molecule has 1 amide bonds. The third-order valence-corrected chi connectivity index (χ3v) is 3.78. The van der Waals surface area contributed by atoms with E-state index in [0.717, 1.165) is 0 Å². The summed E-state index contributed by atoms with van der Waals surface area (Å²) in [6.07, 6.45) is 0. The number of benzene rings is 1. The summed E-state index contributed by atoms with van der Waals surface area (Å²) in [5.41, 5.74) is 0.155. The molecule has 0 unspecified atom stereocenters. The molecule has 2 rings (SSSR count). The molecule has 5 nitrogen and oxygen atoms in total. The molecule has 0 saturated carbocycles. The second kappa shape index (κ2) is 7.08. The van der Waals surface area contributed by atoms with Crippen molar-refractivity contribution in [3.63, 3.8) is 0 Å². The van der Waals surface area contributed by atoms with Crippen LogP contribution in [-0.4, -0.2) is 37.7 Å². The lowest BCUT2D eigenvalue weighted by Crippen LogP contribution is -2.48. The third-order valence-electron chi connectivity index (χ3n) is 3.78. The van der Waals surface area contributed by atoms with Gasteiger partial charge in [0.1, 0.15) is 18.5 Å². The van der Waals surface area contributed by atoms with Gasteiger partial charge < -0.3 is 14.8 Å². The van der Waals surface area contributed by atoms with Crippen LogP contribution in [0.1, 0.15) is 31.1 Å². The molecule has 23 heavy (non-hydrogen) atoms. The van der Waals surface area contributed by atoms with Crippen molar-refractivity contribution in [2.75, 3.05) is 19.8 Å². The first-order chi connectivity index (χ1) is 10.8. The van der Waals surface area contributed by atoms with Crippen LogP contribution in [0.3, 0.4) is 0 Å². The Balaban J connectivity index is 1.95. The molecule has 1 aromatic carbocycles. The Labute approximate surface area is 135 Å². The molecule has 1 fully saturated rings. The van der Waals surface area contributed by atoms with Gasteiger partial charge in [0.15, 0.2) is 0 Å². The quantitative estimate of drug-likeness (QED) is 0.815. The minimum absolute atomic E-state index is 0.127. The summed E-state index contributed by atoms with van der Waals surface area (Å²) in [6.45, 7) is 7.02. The van der Waals surface area contributed by atoms with Crippen LogP contribution < -0.4 is 5.32 Å². The van der Waals surface area contributed by atoms with Crippen LogP contribution in [-0.2, 0) is 14.3 Å². The predicted octanol–water partition coefficient (Wildman–Crippen LogP) is 2.16. The van der Waals surface area contributed by atoms with Gasteiger partial charge in [0.25, 0.3) is 5.91 Å². The number of carbonyl (C=O) groups excluding carboxylic acids is 2. The molecule has 1 saturated heterocycles. The van der Waals surface area contributed by atoms with Gasteiger partial charge in [-0.2, -0.15) is 0 Å². The highest BCUT2D eigenvalue weighted by Gasteiger charge is 2.36. The van der Waals surface area contributed by atoms with E-state index in [2.05, 4.69) is 5.32 Å². The van der Waals surface area contributed by atoms with Crippen LogP contribution in [0.4, 0.5) is 4.39 Å². The fraction of sp³-hybridized carbons (Fsp3) is 0.529. The Morgan fingerprint density at radius 1 is 1.30 bits per heavy atom. The number of hydrogen-bond donors (Lipinski definition) is 1. The van der Waals surface area contributed by atoms with Gasteiger partial charge in [0.05, 0.1) is 13.2 Å². The van der Waals surface area contributed by atoms with E-state index in [1.165, 1.54) is 24.3 Å². The molecular formula is C17H22FNO4. The largest absolute Gasteiger partial charge is 0.463 e. The van der Waals surface area contributed by atoms with E-state index in [1.54, 1.807) is 0 Å². The number of amides is 1. The number of esters is 1. The SMILES string of the molecule is CC(C)[C@H](NC(=O)c1ccc(F)cc1)C(=O)OCC1(C)COC1. The number of ether oxygens (including phenoxy) is 2. The summed E-state index contributed by atoms with van der Waals surface area (Å²) in [6, 6.07) is 4.40. The summed E-state index contributed by atoms with van der Waals surface area (Å²) in [7, 11) is 0. The predicted molar refractivity (Wildman–Crippen MR) is 82.4 cm³/mol. The van der Waals surface area contributed by atoms with Gasteiger partial charge in [0.2, 0.25) is 0 Å². The van der Waals surface area contributed by atoms with Gasteiger partial charge in [0, 0.05) is 11.0 Å². The fourth-order valence-electron chi connectivity index (χ4n) is 2.19. The van der Waals surface area contributed by atoms with Crippen molar-refractivity contribution in [2.45, 2.75) is 26.8 Å². The Morgan fingerprint density at radius 3 is 2.39 bits per heavy atom. The Bertz CT molecular complexity index is 566. The Kier molecular flexibility index (Phi) is 5.36. The highest BCUT2D eigenvalue weighted by atomic mass is 19.1. The molecule has 126 valence electrons. The van der Waals surface area contributed by atoms with Crippen LogP contribution in [0.2, 0.25) is 0 Å². The average molecular weight is 323 g/mol. The van der Waals surface area contributed by atoms with E-state index in [9.17, 15) is 14.0 Å². The highest BCUT2D eigenvalue weighted by Crippen LogP contribution is 2.26. The maximum Gasteiger partial charge on any atom is 0.328 e. The zero-order valence-electron chi connectivity index (χ0n) is 13.6. The molecule has 1 atom stereocenters. The highest BCUT2D eigenvalue weighted by molar-refractivity contribution is 5.96. The zero-order valence-corrected chi connectivity index (χ0v) is 13.6. The first-order valence-corrected chi connectivity index (χ1v) is 7.61. The molecule has 0 aromatic heterocycles. The normalized spacial score (nSPS) is 17.3. The number of rotatable bonds is 6. The molecular weight excluding hydrogens is 301 g/mol. The number of nitrogens with one attached hydrogen (secondary N) is 1. The molecule has 1 aromatic rings. The van der Waals surface area contributed by atoms with Gasteiger partial charge in [-0.15, -0.1) is 0 Å². The minimum Gasteiger partial charge on any atom is -0.463 e. The van der Waals surface area contributed by atoms with Gasteiger partial charge >= 0.3 is 5.97 Å². The summed E-state index contributed by atoms with van der Waals surface area (Å²) in [5.74, 6) is -1.45. The van der Waals surface area contributed by atoms with Crippen LogP contribution >= 0.6 is 0 Å². The first kappa shape index (κ1) is 17.4. The summed E-state index contributed by atoms with van der Waals surface area (Å²) in [5, 5.41) is 2.66. The molecule has 1 N–H and O–H groups in total. The summed E-state index contributed by atoms with van der Waals surface area (Å²) >= 11 is 0. The number of hydrogen-bond acceptors (Lipinski definition) is 4. The monoisotopic (exact) mass is 323 g/mol. The van der Waals surface area contributed by atoms with Crippen LogP contribution in [0.15, 0.2) is 24.3 Å². The minimum atomic E-state index is -0.753. The van der Waals surface area contributed by atoms with Crippen molar-refractivity contribution in [3.8, 4) is 0 Å². The van der Waals surface area contributed by atoms with E-state index < -0.39 is 23.7 Å². The van der Waals surface area contributed by atoms with Crippen LogP contribution in [0.25, 0.3) is 0 Å². The van der Waals surface area contributed by atoms with E-state index in [0.29, 0.717) is 18.8 Å². The van der Waals surface area contributed by atoms with E-state index in [4.69, 9.17) is 9.47 Å². The smallest absolute Gasteiger partial charge is 0.328 e. The summed E-state index contributed by atoms with van der Waals surface area (Å²) in [4.78, 5) is 24.4. The van der Waals surface area contributed by atoms with Gasteiger partial charge in [-0.1, -0.05) is 20.8 Å². The van der Waals surface area contributed by atoms with E-state index in [-0.39, 0.29) is 17.9 Å². The molecule has 1 aliphatic rings. The van der Waals surface area contributed by atoms with Crippen molar-refractivity contribution in [2.24, 2.45) is 11.3 Å². The van der Waals surface area contributed by atoms with Crippen molar-refractivity contribution in [1.29, 1.82) is 0 Å². The molecule has 0 spiro atoms. The average Bonchev–Trinajstić information content (AvgIpc) is 2.48. The molecule has 0 aliphatic carbocycles. The van der Waals surface area contributed by atoms with Crippen molar-refractivity contribution in [1.82, 2.24) is 5.32 Å². The molecule has 0 bridgehead atoms. The van der Waals surface area contributed by atoms with Gasteiger partial charge in [-0.25, -0.2) is 9.18 Å². The topological polar surface area (TPSA) is 64.6 Å². The first-order valence-electron chi connectivity index (χ1n) is 7.61.